The number of benzene rings is 1. The predicted octanol–water partition coefficient (Wildman–Crippen LogP) is 1.22. The van der Waals surface area contributed by atoms with Gasteiger partial charge in [-0.05, 0) is 36.8 Å². The lowest BCUT2D eigenvalue weighted by Gasteiger charge is -2.14. The Balaban J connectivity index is 2.10. The SMILES string of the molecule is C[C@H](NC(=O)c1cccnc1)c1ccc(S(N)(=O)=O)cc1. The van der Waals surface area contributed by atoms with Crippen LogP contribution in [-0.2, 0) is 10.0 Å². The van der Waals surface area contributed by atoms with Gasteiger partial charge in [-0.15, -0.1) is 0 Å². The number of sulfonamides is 1. The van der Waals surface area contributed by atoms with Gasteiger partial charge in [0.1, 0.15) is 0 Å². The topological polar surface area (TPSA) is 102 Å². The van der Waals surface area contributed by atoms with Crippen molar-refractivity contribution in [3.05, 3.63) is 59.9 Å². The minimum atomic E-state index is -3.71. The maximum Gasteiger partial charge on any atom is 0.253 e. The fraction of sp³-hybridized carbons (Fsp3) is 0.143. The Labute approximate surface area is 123 Å². The van der Waals surface area contributed by atoms with Crippen LogP contribution < -0.4 is 10.5 Å². The molecule has 0 unspecified atom stereocenters. The summed E-state index contributed by atoms with van der Waals surface area (Å²) in [6, 6.07) is 9.14. The van der Waals surface area contributed by atoms with Gasteiger partial charge in [-0.1, -0.05) is 12.1 Å². The molecule has 1 aromatic heterocycles. The summed E-state index contributed by atoms with van der Waals surface area (Å²) < 4.78 is 22.4. The second-order valence-corrected chi connectivity index (χ2v) is 6.11. The van der Waals surface area contributed by atoms with E-state index in [2.05, 4.69) is 10.3 Å². The first-order valence-corrected chi connectivity index (χ1v) is 7.76. The molecule has 2 aromatic rings. The summed E-state index contributed by atoms with van der Waals surface area (Å²) in [6.07, 6.45) is 3.07. The lowest BCUT2D eigenvalue weighted by Crippen LogP contribution is -2.26. The number of hydrogen-bond acceptors (Lipinski definition) is 4. The van der Waals surface area contributed by atoms with Crippen molar-refractivity contribution in [2.45, 2.75) is 17.9 Å². The van der Waals surface area contributed by atoms with E-state index >= 15 is 0 Å². The first kappa shape index (κ1) is 15.1. The summed E-state index contributed by atoms with van der Waals surface area (Å²) in [5.41, 5.74) is 1.24. The molecule has 0 bridgehead atoms. The second kappa shape index (κ2) is 6.02. The Hall–Kier alpha value is -2.25. The van der Waals surface area contributed by atoms with Crippen LogP contribution in [0.3, 0.4) is 0 Å². The second-order valence-electron chi connectivity index (χ2n) is 4.55. The van der Waals surface area contributed by atoms with Gasteiger partial charge in [0.05, 0.1) is 16.5 Å². The van der Waals surface area contributed by atoms with E-state index in [9.17, 15) is 13.2 Å². The van der Waals surface area contributed by atoms with Crippen LogP contribution in [0, 0.1) is 0 Å². The number of primary sulfonamides is 1. The zero-order valence-electron chi connectivity index (χ0n) is 11.4. The van der Waals surface area contributed by atoms with E-state index in [1.54, 1.807) is 37.4 Å². The summed E-state index contributed by atoms with van der Waals surface area (Å²) in [6.45, 7) is 1.81. The van der Waals surface area contributed by atoms with Gasteiger partial charge >= 0.3 is 0 Å². The molecule has 0 fully saturated rings. The number of aromatic nitrogens is 1. The number of carbonyl (C=O) groups is 1. The number of hydrogen-bond donors (Lipinski definition) is 2. The van der Waals surface area contributed by atoms with Crippen molar-refractivity contribution in [2.75, 3.05) is 0 Å². The number of nitrogens with two attached hydrogens (primary N) is 1. The summed E-state index contributed by atoms with van der Waals surface area (Å²) in [5, 5.41) is 7.85. The highest BCUT2D eigenvalue weighted by molar-refractivity contribution is 7.89. The van der Waals surface area contributed by atoms with Crippen LogP contribution in [0.15, 0.2) is 53.7 Å². The molecule has 21 heavy (non-hydrogen) atoms. The molecule has 0 aliphatic rings. The van der Waals surface area contributed by atoms with Gasteiger partial charge in [0.2, 0.25) is 10.0 Å². The molecule has 6 nitrogen and oxygen atoms in total. The first-order chi connectivity index (χ1) is 9.88. The average molecular weight is 305 g/mol. The standard InChI is InChI=1S/C14H15N3O3S/c1-10(17-14(18)12-3-2-8-16-9-12)11-4-6-13(7-5-11)21(15,19)20/h2-10H,1H3,(H,17,18)(H2,15,19,20)/t10-/m0/s1. The number of pyridine rings is 1. The molecule has 0 spiro atoms. The summed E-state index contributed by atoms with van der Waals surface area (Å²) in [7, 11) is -3.71. The number of carbonyl (C=O) groups excluding carboxylic acids is 1. The van der Waals surface area contributed by atoms with Crippen molar-refractivity contribution in [3.63, 3.8) is 0 Å². The Morgan fingerprint density at radius 1 is 1.24 bits per heavy atom. The highest BCUT2D eigenvalue weighted by Gasteiger charge is 2.13. The molecular weight excluding hydrogens is 290 g/mol. The van der Waals surface area contributed by atoms with Gasteiger partial charge in [-0.25, -0.2) is 13.6 Å². The molecule has 1 amide bonds. The molecule has 0 saturated heterocycles. The van der Waals surface area contributed by atoms with Crippen molar-refractivity contribution < 1.29 is 13.2 Å². The average Bonchev–Trinajstić information content (AvgIpc) is 2.47. The maximum absolute atomic E-state index is 12.0. The molecular formula is C14H15N3O3S. The van der Waals surface area contributed by atoms with Gasteiger partial charge < -0.3 is 5.32 Å². The van der Waals surface area contributed by atoms with Gasteiger partial charge in [0.15, 0.2) is 0 Å². The van der Waals surface area contributed by atoms with Gasteiger partial charge in [-0.3, -0.25) is 9.78 Å². The van der Waals surface area contributed by atoms with Gasteiger partial charge in [0.25, 0.3) is 5.91 Å². The van der Waals surface area contributed by atoms with Crippen molar-refractivity contribution in [1.82, 2.24) is 10.3 Å². The molecule has 0 saturated carbocycles. The number of nitrogens with zero attached hydrogens (tertiary/aromatic N) is 1. The van der Waals surface area contributed by atoms with E-state index in [1.807, 2.05) is 0 Å². The van der Waals surface area contributed by atoms with E-state index in [0.29, 0.717) is 5.56 Å². The van der Waals surface area contributed by atoms with E-state index in [-0.39, 0.29) is 16.8 Å². The van der Waals surface area contributed by atoms with Crippen molar-refractivity contribution >= 4 is 15.9 Å². The van der Waals surface area contributed by atoms with Crippen LogP contribution in [0.2, 0.25) is 0 Å². The molecule has 110 valence electrons. The number of amides is 1. The molecule has 0 radical (unpaired) electrons. The van der Waals surface area contributed by atoms with Gasteiger partial charge in [-0.2, -0.15) is 0 Å². The van der Waals surface area contributed by atoms with Crippen LogP contribution in [0.1, 0.15) is 28.9 Å². The lowest BCUT2D eigenvalue weighted by atomic mass is 10.1. The van der Waals surface area contributed by atoms with Crippen molar-refractivity contribution in [1.29, 1.82) is 0 Å². The Bertz CT molecular complexity index is 728. The molecule has 1 atom stereocenters. The van der Waals surface area contributed by atoms with Crippen LogP contribution >= 0.6 is 0 Å². The summed E-state index contributed by atoms with van der Waals surface area (Å²) >= 11 is 0. The maximum atomic E-state index is 12.0. The summed E-state index contributed by atoms with van der Waals surface area (Å²) in [5.74, 6) is -0.244. The highest BCUT2D eigenvalue weighted by atomic mass is 32.2. The molecule has 3 N–H and O–H groups in total. The largest absolute Gasteiger partial charge is 0.345 e. The third kappa shape index (κ3) is 3.87. The molecule has 1 aromatic carbocycles. The van der Waals surface area contributed by atoms with Crippen LogP contribution in [0.5, 0.6) is 0 Å². The minimum Gasteiger partial charge on any atom is -0.345 e. The van der Waals surface area contributed by atoms with Crippen LogP contribution in [0.25, 0.3) is 0 Å². The zero-order chi connectivity index (χ0) is 15.5. The third-order valence-electron chi connectivity index (χ3n) is 2.98. The normalized spacial score (nSPS) is 12.7. The van der Waals surface area contributed by atoms with Crippen molar-refractivity contribution in [2.24, 2.45) is 5.14 Å². The third-order valence-corrected chi connectivity index (χ3v) is 3.91. The van der Waals surface area contributed by atoms with E-state index < -0.39 is 10.0 Å². The van der Waals surface area contributed by atoms with Gasteiger partial charge in [0, 0.05) is 12.4 Å². The smallest absolute Gasteiger partial charge is 0.253 e. The minimum absolute atomic E-state index is 0.0389. The van der Waals surface area contributed by atoms with Crippen LogP contribution in [0.4, 0.5) is 0 Å². The molecule has 0 aliphatic heterocycles. The zero-order valence-corrected chi connectivity index (χ0v) is 12.2. The fourth-order valence-electron chi connectivity index (χ4n) is 1.81. The fourth-order valence-corrected chi connectivity index (χ4v) is 2.32. The lowest BCUT2D eigenvalue weighted by molar-refractivity contribution is 0.0939. The van der Waals surface area contributed by atoms with E-state index in [4.69, 9.17) is 5.14 Å². The quantitative estimate of drug-likeness (QED) is 0.886. The first-order valence-electron chi connectivity index (χ1n) is 6.21. The molecule has 7 heteroatoms. The molecule has 2 rings (SSSR count). The highest BCUT2D eigenvalue weighted by Crippen LogP contribution is 2.16. The number of rotatable bonds is 4. The number of nitrogens with one attached hydrogen (secondary N) is 1. The van der Waals surface area contributed by atoms with E-state index in [0.717, 1.165) is 5.56 Å². The van der Waals surface area contributed by atoms with Crippen molar-refractivity contribution in [3.8, 4) is 0 Å². The Morgan fingerprint density at radius 2 is 1.90 bits per heavy atom. The van der Waals surface area contributed by atoms with E-state index in [1.165, 1.54) is 18.3 Å². The molecule has 0 aliphatic carbocycles. The Morgan fingerprint density at radius 3 is 2.43 bits per heavy atom. The summed E-state index contributed by atoms with van der Waals surface area (Å²) in [4.78, 5) is 15.9. The predicted molar refractivity (Wildman–Crippen MR) is 77.9 cm³/mol. The monoisotopic (exact) mass is 305 g/mol. The van der Waals surface area contributed by atoms with Crippen LogP contribution in [-0.4, -0.2) is 19.3 Å². The molecule has 1 heterocycles. The Kier molecular flexibility index (Phi) is 4.35.